The van der Waals surface area contributed by atoms with Gasteiger partial charge in [0.05, 0.1) is 11.7 Å². The van der Waals surface area contributed by atoms with Crippen molar-refractivity contribution in [2.24, 2.45) is 0 Å². The fourth-order valence-corrected chi connectivity index (χ4v) is 4.38. The van der Waals surface area contributed by atoms with Gasteiger partial charge in [-0.2, -0.15) is 13.2 Å². The summed E-state index contributed by atoms with van der Waals surface area (Å²) in [7, 11) is -3.69. The predicted molar refractivity (Wildman–Crippen MR) is 80.2 cm³/mol. The minimum atomic E-state index is -4.46. The van der Waals surface area contributed by atoms with Gasteiger partial charge in [0.25, 0.3) is 0 Å². The summed E-state index contributed by atoms with van der Waals surface area (Å²) in [4.78, 5) is 0. The second kappa shape index (κ2) is 6.78. The van der Waals surface area contributed by atoms with Crippen molar-refractivity contribution in [3.63, 3.8) is 0 Å². The van der Waals surface area contributed by atoms with Crippen molar-refractivity contribution < 1.29 is 26.7 Å². The lowest BCUT2D eigenvalue weighted by Gasteiger charge is -2.30. The van der Waals surface area contributed by atoms with Gasteiger partial charge in [0.2, 0.25) is 10.0 Å². The second-order valence-corrected chi connectivity index (χ2v) is 8.06. The standard InChI is InChI=1S/C15H20F3NO3S/c1-11(23(21,22)19-9-3-2-4-10-19)14(20)12-5-7-13(8-6-12)15(16,17)18/h5-8,11,14,20H,2-4,9-10H2,1H3/t11-,14-/m0/s1. The second-order valence-electron chi connectivity index (χ2n) is 5.77. The molecule has 1 aromatic rings. The molecule has 2 atom stereocenters. The van der Waals surface area contributed by atoms with E-state index in [2.05, 4.69) is 0 Å². The number of aliphatic hydroxyl groups excluding tert-OH is 1. The molecular weight excluding hydrogens is 331 g/mol. The summed E-state index contributed by atoms with van der Waals surface area (Å²) < 4.78 is 64.0. The van der Waals surface area contributed by atoms with Gasteiger partial charge in [-0.3, -0.25) is 0 Å². The lowest BCUT2D eigenvalue weighted by Crippen LogP contribution is -2.42. The molecule has 0 unspecified atom stereocenters. The molecule has 0 bridgehead atoms. The Hall–Kier alpha value is -1.12. The maximum absolute atomic E-state index is 12.5. The number of piperidine rings is 1. The summed E-state index contributed by atoms with van der Waals surface area (Å²) in [5.74, 6) is 0. The van der Waals surface area contributed by atoms with Crippen LogP contribution in [0.4, 0.5) is 13.2 Å². The van der Waals surface area contributed by atoms with E-state index in [0.717, 1.165) is 43.5 Å². The van der Waals surface area contributed by atoms with Gasteiger partial charge in [-0.05, 0) is 37.5 Å². The van der Waals surface area contributed by atoms with Crippen LogP contribution in [0.1, 0.15) is 43.4 Å². The first-order chi connectivity index (χ1) is 10.6. The van der Waals surface area contributed by atoms with Gasteiger partial charge in [0.1, 0.15) is 5.25 Å². The Morgan fingerprint density at radius 1 is 1.09 bits per heavy atom. The van der Waals surface area contributed by atoms with Crippen molar-refractivity contribution in [1.29, 1.82) is 0 Å². The van der Waals surface area contributed by atoms with E-state index in [-0.39, 0.29) is 5.56 Å². The number of nitrogens with zero attached hydrogens (tertiary/aromatic N) is 1. The maximum Gasteiger partial charge on any atom is 0.416 e. The highest BCUT2D eigenvalue weighted by molar-refractivity contribution is 7.89. The Morgan fingerprint density at radius 3 is 2.09 bits per heavy atom. The number of hydrogen-bond acceptors (Lipinski definition) is 3. The van der Waals surface area contributed by atoms with Gasteiger partial charge in [-0.15, -0.1) is 0 Å². The van der Waals surface area contributed by atoms with Gasteiger partial charge in [-0.25, -0.2) is 12.7 Å². The van der Waals surface area contributed by atoms with Crippen LogP contribution in [0, 0.1) is 0 Å². The number of hydrogen-bond donors (Lipinski definition) is 1. The monoisotopic (exact) mass is 351 g/mol. The van der Waals surface area contributed by atoms with E-state index in [9.17, 15) is 26.7 Å². The van der Waals surface area contributed by atoms with Crippen LogP contribution in [-0.4, -0.2) is 36.2 Å². The summed E-state index contributed by atoms with van der Waals surface area (Å²) in [6.07, 6.45) is -3.30. The van der Waals surface area contributed by atoms with Crippen LogP contribution < -0.4 is 0 Å². The fraction of sp³-hybridized carbons (Fsp3) is 0.600. The molecule has 1 aliphatic heterocycles. The highest BCUT2D eigenvalue weighted by atomic mass is 32.2. The Morgan fingerprint density at radius 2 is 1.61 bits per heavy atom. The van der Waals surface area contributed by atoms with E-state index in [4.69, 9.17) is 0 Å². The molecular formula is C15H20F3NO3S. The third-order valence-electron chi connectivity index (χ3n) is 4.17. The van der Waals surface area contributed by atoms with Gasteiger partial charge in [-0.1, -0.05) is 18.6 Å². The Balaban J connectivity index is 2.17. The van der Waals surface area contributed by atoms with E-state index < -0.39 is 33.1 Å². The van der Waals surface area contributed by atoms with Crippen LogP contribution in [0.25, 0.3) is 0 Å². The van der Waals surface area contributed by atoms with Gasteiger partial charge in [0, 0.05) is 13.1 Å². The zero-order chi connectivity index (χ0) is 17.3. The van der Waals surface area contributed by atoms with E-state index in [1.165, 1.54) is 11.2 Å². The summed E-state index contributed by atoms with van der Waals surface area (Å²) >= 11 is 0. The molecule has 0 aromatic heterocycles. The molecule has 0 aliphatic carbocycles. The minimum absolute atomic E-state index is 0.158. The van der Waals surface area contributed by atoms with Gasteiger partial charge >= 0.3 is 6.18 Å². The molecule has 1 saturated heterocycles. The van der Waals surface area contributed by atoms with Crippen LogP contribution in [0.2, 0.25) is 0 Å². The molecule has 0 amide bonds. The molecule has 0 saturated carbocycles. The third-order valence-corrected chi connectivity index (χ3v) is 6.45. The van der Waals surface area contributed by atoms with Crippen molar-refractivity contribution >= 4 is 10.0 Å². The molecule has 1 fully saturated rings. The van der Waals surface area contributed by atoms with Crippen LogP contribution in [-0.2, 0) is 16.2 Å². The topological polar surface area (TPSA) is 57.6 Å². The average molecular weight is 351 g/mol. The zero-order valence-corrected chi connectivity index (χ0v) is 13.6. The van der Waals surface area contributed by atoms with Crippen molar-refractivity contribution in [2.75, 3.05) is 13.1 Å². The molecule has 2 rings (SSSR count). The number of alkyl halides is 3. The van der Waals surface area contributed by atoms with E-state index in [0.29, 0.717) is 13.1 Å². The van der Waals surface area contributed by atoms with Crippen molar-refractivity contribution in [3.05, 3.63) is 35.4 Å². The maximum atomic E-state index is 12.5. The highest BCUT2D eigenvalue weighted by Gasteiger charge is 2.35. The van der Waals surface area contributed by atoms with E-state index >= 15 is 0 Å². The van der Waals surface area contributed by atoms with E-state index in [1.54, 1.807) is 0 Å². The third kappa shape index (κ3) is 4.05. The molecule has 0 radical (unpaired) electrons. The first-order valence-electron chi connectivity index (χ1n) is 7.48. The number of benzene rings is 1. The first-order valence-corrected chi connectivity index (χ1v) is 8.98. The smallest absolute Gasteiger partial charge is 0.387 e. The molecule has 1 aliphatic rings. The Kier molecular flexibility index (Phi) is 5.37. The Bertz CT molecular complexity index is 622. The van der Waals surface area contributed by atoms with Crippen LogP contribution >= 0.6 is 0 Å². The zero-order valence-electron chi connectivity index (χ0n) is 12.8. The lowest BCUT2D eigenvalue weighted by atomic mass is 10.0. The molecule has 8 heteroatoms. The number of aliphatic hydroxyl groups is 1. The van der Waals surface area contributed by atoms with Crippen LogP contribution in [0.15, 0.2) is 24.3 Å². The molecule has 1 heterocycles. The molecule has 0 spiro atoms. The minimum Gasteiger partial charge on any atom is -0.387 e. The molecule has 130 valence electrons. The SMILES string of the molecule is C[C@@H]([C@H](O)c1ccc(C(F)(F)F)cc1)S(=O)(=O)N1CCCCC1. The molecule has 23 heavy (non-hydrogen) atoms. The normalized spacial score (nSPS) is 20.2. The quantitative estimate of drug-likeness (QED) is 0.907. The van der Waals surface area contributed by atoms with Crippen LogP contribution in [0.3, 0.4) is 0 Å². The first kappa shape index (κ1) is 18.2. The van der Waals surface area contributed by atoms with Crippen molar-refractivity contribution in [3.8, 4) is 0 Å². The summed E-state index contributed by atoms with van der Waals surface area (Å²) in [6, 6.07) is 3.93. The van der Waals surface area contributed by atoms with Crippen molar-refractivity contribution in [1.82, 2.24) is 4.31 Å². The molecule has 1 N–H and O–H groups in total. The fourth-order valence-electron chi connectivity index (χ4n) is 2.66. The van der Waals surface area contributed by atoms with Crippen LogP contribution in [0.5, 0.6) is 0 Å². The number of rotatable bonds is 4. The van der Waals surface area contributed by atoms with E-state index in [1.807, 2.05) is 0 Å². The molecule has 1 aromatic carbocycles. The lowest BCUT2D eigenvalue weighted by molar-refractivity contribution is -0.137. The van der Waals surface area contributed by atoms with Gasteiger partial charge < -0.3 is 5.11 Å². The van der Waals surface area contributed by atoms with Gasteiger partial charge in [0.15, 0.2) is 0 Å². The number of halogens is 3. The summed E-state index contributed by atoms with van der Waals surface area (Å²) in [6.45, 7) is 2.23. The summed E-state index contributed by atoms with van der Waals surface area (Å²) in [5.41, 5.74) is -0.675. The van der Waals surface area contributed by atoms with Crippen molar-refractivity contribution in [2.45, 2.75) is 43.7 Å². The average Bonchev–Trinajstić information content (AvgIpc) is 2.53. The summed E-state index contributed by atoms with van der Waals surface area (Å²) in [5, 5.41) is 9.15. The Labute approximate surface area is 134 Å². The highest BCUT2D eigenvalue weighted by Crippen LogP contribution is 2.31. The molecule has 4 nitrogen and oxygen atoms in total. The largest absolute Gasteiger partial charge is 0.416 e. The predicted octanol–water partition coefficient (Wildman–Crippen LogP) is 2.94. The number of sulfonamides is 1.